The number of nitrogens with one attached hydrogen (secondary N) is 1. The van der Waals surface area contributed by atoms with Gasteiger partial charge in [0.25, 0.3) is 0 Å². The van der Waals surface area contributed by atoms with E-state index in [1.165, 1.54) is 16.7 Å². The summed E-state index contributed by atoms with van der Waals surface area (Å²) >= 11 is 0. The van der Waals surface area contributed by atoms with E-state index in [1.807, 2.05) is 54.6 Å². The van der Waals surface area contributed by atoms with E-state index in [-0.39, 0.29) is 11.5 Å². The first kappa shape index (κ1) is 21.5. The van der Waals surface area contributed by atoms with Gasteiger partial charge in [0.1, 0.15) is 11.5 Å². The van der Waals surface area contributed by atoms with Crippen molar-refractivity contribution in [2.24, 2.45) is 4.99 Å². The van der Waals surface area contributed by atoms with Crippen LogP contribution in [0.25, 0.3) is 16.8 Å². The number of H-pyrrole nitrogens is 1. The first-order valence-corrected chi connectivity index (χ1v) is 11.3. The van der Waals surface area contributed by atoms with Crippen LogP contribution in [-0.4, -0.2) is 20.9 Å². The van der Waals surface area contributed by atoms with E-state index in [1.54, 1.807) is 18.2 Å². The summed E-state index contributed by atoms with van der Waals surface area (Å²) in [5.41, 5.74) is 10.4. The second-order valence-electron chi connectivity index (χ2n) is 8.68. The summed E-state index contributed by atoms with van der Waals surface area (Å²) in [6.45, 7) is 6.34. The van der Waals surface area contributed by atoms with Crippen molar-refractivity contribution < 1.29 is 10.2 Å². The van der Waals surface area contributed by atoms with Gasteiger partial charge < -0.3 is 15.2 Å². The summed E-state index contributed by atoms with van der Waals surface area (Å²) < 4.78 is 0. The molecule has 0 fully saturated rings. The van der Waals surface area contributed by atoms with Crippen molar-refractivity contribution in [2.45, 2.75) is 20.8 Å². The highest BCUT2D eigenvalue weighted by Gasteiger charge is 2.21. The SMILES string of the molecule is Cc1cc(C)c(C(=C2C=CC(c3ccccc3O)=N2)c2ccc(-c3ccccc3O)[nH]2)c(C)c1. The maximum absolute atomic E-state index is 10.4. The number of allylic oxidation sites excluding steroid dienone is 2. The number of aromatic amines is 1. The minimum absolute atomic E-state index is 0.207. The highest BCUT2D eigenvalue weighted by atomic mass is 16.3. The van der Waals surface area contributed by atoms with Crippen LogP contribution in [0.5, 0.6) is 11.5 Å². The van der Waals surface area contributed by atoms with Crippen LogP contribution in [-0.2, 0) is 0 Å². The van der Waals surface area contributed by atoms with E-state index in [9.17, 15) is 10.2 Å². The number of phenolic OH excluding ortho intramolecular Hbond substituents is 2. The van der Waals surface area contributed by atoms with Crippen molar-refractivity contribution in [2.75, 3.05) is 0 Å². The van der Waals surface area contributed by atoms with Gasteiger partial charge >= 0.3 is 0 Å². The van der Waals surface area contributed by atoms with E-state index in [0.29, 0.717) is 5.56 Å². The molecule has 3 N–H and O–H groups in total. The molecule has 5 rings (SSSR count). The third-order valence-corrected chi connectivity index (χ3v) is 6.15. The molecular weight excluding hydrogens is 420 g/mol. The second-order valence-corrected chi connectivity index (χ2v) is 8.68. The van der Waals surface area contributed by atoms with Crippen molar-refractivity contribution in [3.63, 3.8) is 0 Å². The minimum atomic E-state index is 0.207. The Balaban J connectivity index is 1.72. The molecule has 0 atom stereocenters. The normalized spacial score (nSPS) is 14.4. The van der Waals surface area contributed by atoms with E-state index >= 15 is 0 Å². The zero-order valence-corrected chi connectivity index (χ0v) is 19.4. The maximum Gasteiger partial charge on any atom is 0.124 e. The van der Waals surface area contributed by atoms with E-state index in [2.05, 4.69) is 37.9 Å². The van der Waals surface area contributed by atoms with Gasteiger partial charge in [0.15, 0.2) is 0 Å². The van der Waals surface area contributed by atoms with Crippen LogP contribution in [0.2, 0.25) is 0 Å². The Labute approximate surface area is 199 Å². The highest BCUT2D eigenvalue weighted by Crippen LogP contribution is 2.37. The number of phenols is 2. The molecule has 0 aliphatic carbocycles. The molecule has 0 radical (unpaired) electrons. The molecule has 3 aromatic carbocycles. The van der Waals surface area contributed by atoms with Crippen LogP contribution in [0.3, 0.4) is 0 Å². The molecule has 34 heavy (non-hydrogen) atoms. The average Bonchev–Trinajstić information content (AvgIpc) is 3.47. The minimum Gasteiger partial charge on any atom is -0.507 e. The lowest BCUT2D eigenvalue weighted by molar-refractivity contribution is 0.474. The lowest BCUT2D eigenvalue weighted by atomic mass is 9.91. The van der Waals surface area contributed by atoms with Crippen LogP contribution in [0.1, 0.15) is 33.5 Å². The van der Waals surface area contributed by atoms with E-state index < -0.39 is 0 Å². The molecule has 1 aliphatic heterocycles. The van der Waals surface area contributed by atoms with Crippen molar-refractivity contribution in [3.05, 3.63) is 124 Å². The highest BCUT2D eigenvalue weighted by molar-refractivity contribution is 6.13. The maximum atomic E-state index is 10.4. The fourth-order valence-corrected chi connectivity index (χ4v) is 4.72. The first-order valence-electron chi connectivity index (χ1n) is 11.3. The Morgan fingerprint density at radius 2 is 1.35 bits per heavy atom. The smallest absolute Gasteiger partial charge is 0.124 e. The molecule has 168 valence electrons. The van der Waals surface area contributed by atoms with Gasteiger partial charge in [0, 0.05) is 28.1 Å². The quantitative estimate of drug-likeness (QED) is 0.321. The van der Waals surface area contributed by atoms with Crippen LogP contribution in [0, 0.1) is 20.8 Å². The summed E-state index contributed by atoms with van der Waals surface area (Å²) in [5, 5.41) is 20.7. The monoisotopic (exact) mass is 446 g/mol. The lowest BCUT2D eigenvalue weighted by Crippen LogP contribution is -2.00. The summed E-state index contributed by atoms with van der Waals surface area (Å²) in [6.07, 6.45) is 3.94. The van der Waals surface area contributed by atoms with Crippen molar-refractivity contribution >= 4 is 11.3 Å². The summed E-state index contributed by atoms with van der Waals surface area (Å²) in [5.74, 6) is 0.437. The largest absolute Gasteiger partial charge is 0.507 e. The van der Waals surface area contributed by atoms with Gasteiger partial charge in [-0.25, -0.2) is 4.99 Å². The Morgan fingerprint density at radius 3 is 2.00 bits per heavy atom. The molecule has 0 saturated heterocycles. The topological polar surface area (TPSA) is 68.6 Å². The molecular formula is C30H26N2O2. The Bertz CT molecular complexity index is 1480. The van der Waals surface area contributed by atoms with Crippen LogP contribution in [0.4, 0.5) is 0 Å². The number of aromatic hydroxyl groups is 2. The zero-order chi connectivity index (χ0) is 23.8. The molecule has 1 aromatic heterocycles. The van der Waals surface area contributed by atoms with Gasteiger partial charge in [-0.3, -0.25) is 0 Å². The van der Waals surface area contributed by atoms with Gasteiger partial charge in [0.2, 0.25) is 0 Å². The number of hydrogen-bond acceptors (Lipinski definition) is 3. The fourth-order valence-electron chi connectivity index (χ4n) is 4.72. The standard InChI is InChI=1S/C30H26N2O2/c1-18-16-19(2)29(20(3)17-18)30(25-14-12-23(31-25)21-8-4-6-10-27(21)33)26-15-13-24(32-26)22-9-5-7-11-28(22)34/h4-17,31,33-34H,1-3H3. The molecule has 0 spiro atoms. The number of rotatable bonds is 4. The van der Waals surface area contributed by atoms with Crippen molar-refractivity contribution in [3.8, 4) is 22.8 Å². The number of aromatic nitrogens is 1. The number of aryl methyl sites for hydroxylation is 3. The van der Waals surface area contributed by atoms with Crippen LogP contribution in [0.15, 0.2) is 95.6 Å². The zero-order valence-electron chi connectivity index (χ0n) is 19.4. The Morgan fingerprint density at radius 1 is 0.735 bits per heavy atom. The van der Waals surface area contributed by atoms with E-state index in [0.717, 1.165) is 39.5 Å². The van der Waals surface area contributed by atoms with Crippen LogP contribution >= 0.6 is 0 Å². The van der Waals surface area contributed by atoms with Gasteiger partial charge in [-0.2, -0.15) is 0 Å². The Kier molecular flexibility index (Phi) is 5.42. The third-order valence-electron chi connectivity index (χ3n) is 6.15. The summed E-state index contributed by atoms with van der Waals surface area (Å²) in [6, 6.07) is 22.9. The molecule has 0 bridgehead atoms. The van der Waals surface area contributed by atoms with Gasteiger partial charge in [0.05, 0.1) is 11.4 Å². The first-order chi connectivity index (χ1) is 16.4. The average molecular weight is 447 g/mol. The molecule has 0 saturated carbocycles. The fraction of sp³-hybridized carbons (Fsp3) is 0.100. The van der Waals surface area contributed by atoms with Crippen molar-refractivity contribution in [1.82, 2.24) is 4.98 Å². The summed E-state index contributed by atoms with van der Waals surface area (Å²) in [7, 11) is 0. The Hall–Kier alpha value is -4.31. The van der Waals surface area contributed by atoms with Gasteiger partial charge in [-0.15, -0.1) is 0 Å². The molecule has 0 amide bonds. The number of hydrogen-bond donors (Lipinski definition) is 3. The second kappa shape index (κ2) is 8.56. The molecule has 0 unspecified atom stereocenters. The number of nitrogens with zero attached hydrogens (tertiary/aromatic N) is 1. The van der Waals surface area contributed by atoms with Gasteiger partial charge in [-0.05, 0) is 86.0 Å². The molecule has 4 heteroatoms. The molecule has 4 nitrogen and oxygen atoms in total. The predicted octanol–water partition coefficient (Wildman–Crippen LogP) is 6.84. The molecule has 1 aliphatic rings. The predicted molar refractivity (Wildman–Crippen MR) is 138 cm³/mol. The third kappa shape index (κ3) is 3.84. The summed E-state index contributed by atoms with van der Waals surface area (Å²) in [4.78, 5) is 8.44. The molecule has 4 aromatic rings. The number of para-hydroxylation sites is 2. The number of aliphatic imine (C=N–C) groups is 1. The van der Waals surface area contributed by atoms with Gasteiger partial charge in [-0.1, -0.05) is 42.0 Å². The number of benzene rings is 3. The van der Waals surface area contributed by atoms with E-state index in [4.69, 9.17) is 4.99 Å². The molecule has 2 heterocycles. The lowest BCUT2D eigenvalue weighted by Gasteiger charge is -2.16. The van der Waals surface area contributed by atoms with Crippen LogP contribution < -0.4 is 0 Å². The van der Waals surface area contributed by atoms with Crippen molar-refractivity contribution in [1.29, 1.82) is 0 Å².